The Bertz CT molecular complexity index is 432. The molecule has 2 aromatic rings. The van der Waals surface area contributed by atoms with E-state index >= 15 is 0 Å². The summed E-state index contributed by atoms with van der Waals surface area (Å²) in [6.45, 7) is 3.97. The van der Waals surface area contributed by atoms with E-state index in [-0.39, 0.29) is 0 Å². The summed E-state index contributed by atoms with van der Waals surface area (Å²) < 4.78 is 1.79. The van der Waals surface area contributed by atoms with Crippen LogP contribution in [-0.2, 0) is 0 Å². The van der Waals surface area contributed by atoms with E-state index in [4.69, 9.17) is 0 Å². The topological polar surface area (TPSA) is 34.4 Å². The molecule has 0 aliphatic rings. The number of nitrogens with zero attached hydrogens (tertiary/aromatic N) is 2. The van der Waals surface area contributed by atoms with Gasteiger partial charge in [0, 0.05) is 5.69 Å². The second-order valence-electron chi connectivity index (χ2n) is 3.14. The fraction of sp³-hybridized carbons (Fsp3) is 0.200. The molecular formula is C10H10N2O. The van der Waals surface area contributed by atoms with Crippen molar-refractivity contribution >= 4 is 11.8 Å². The zero-order valence-corrected chi connectivity index (χ0v) is 7.61. The van der Waals surface area contributed by atoms with Crippen LogP contribution in [0.2, 0.25) is 0 Å². The molecule has 0 N–H and O–H groups in total. The molecule has 2 rings (SSSR count). The molecule has 0 unspecified atom stereocenters. The first-order valence-corrected chi connectivity index (χ1v) is 4.13. The summed E-state index contributed by atoms with van der Waals surface area (Å²) in [4.78, 5) is 10.5. The summed E-state index contributed by atoms with van der Waals surface area (Å²) in [5, 5.41) is 4.14. The molecule has 2 heterocycles. The van der Waals surface area contributed by atoms with Crippen molar-refractivity contribution in [2.75, 3.05) is 0 Å². The fourth-order valence-corrected chi connectivity index (χ4v) is 1.41. The highest BCUT2D eigenvalue weighted by Gasteiger charge is 2.04. The van der Waals surface area contributed by atoms with Crippen LogP contribution in [0.4, 0.5) is 0 Å². The van der Waals surface area contributed by atoms with Crippen molar-refractivity contribution in [2.45, 2.75) is 13.8 Å². The van der Waals surface area contributed by atoms with Crippen molar-refractivity contribution in [2.24, 2.45) is 0 Å². The summed E-state index contributed by atoms with van der Waals surface area (Å²) in [5.41, 5.74) is 3.65. The molecule has 66 valence electrons. The molecule has 2 aromatic heterocycles. The first-order valence-electron chi connectivity index (χ1n) is 4.13. The van der Waals surface area contributed by atoms with Gasteiger partial charge in [-0.2, -0.15) is 5.10 Å². The first kappa shape index (κ1) is 7.98. The summed E-state index contributed by atoms with van der Waals surface area (Å²) >= 11 is 0. The average Bonchev–Trinajstić information content (AvgIpc) is 2.56. The maximum Gasteiger partial charge on any atom is 0.170 e. The molecule has 0 saturated heterocycles. The van der Waals surface area contributed by atoms with Crippen molar-refractivity contribution in [1.29, 1.82) is 0 Å². The van der Waals surface area contributed by atoms with Gasteiger partial charge >= 0.3 is 0 Å². The van der Waals surface area contributed by atoms with Gasteiger partial charge in [-0.1, -0.05) is 6.07 Å². The summed E-state index contributed by atoms with van der Waals surface area (Å²) in [6.07, 6.45) is 0.770. The van der Waals surface area contributed by atoms with Crippen LogP contribution in [0.25, 0.3) is 5.52 Å². The molecule has 0 aliphatic carbocycles. The molecule has 0 amide bonds. The minimum absolute atomic E-state index is 0.484. The van der Waals surface area contributed by atoms with Gasteiger partial charge in [0.1, 0.15) is 5.69 Å². The van der Waals surface area contributed by atoms with Crippen LogP contribution in [0.1, 0.15) is 21.7 Å². The number of rotatable bonds is 1. The monoisotopic (exact) mass is 174 g/mol. The molecule has 0 saturated carbocycles. The zero-order chi connectivity index (χ0) is 9.42. The number of fused-ring (bicyclic) bond motifs is 1. The van der Waals surface area contributed by atoms with Crippen molar-refractivity contribution in [3.8, 4) is 0 Å². The van der Waals surface area contributed by atoms with Crippen molar-refractivity contribution < 1.29 is 4.79 Å². The van der Waals surface area contributed by atoms with Gasteiger partial charge < -0.3 is 0 Å². The highest BCUT2D eigenvalue weighted by Crippen LogP contribution is 2.12. The Morgan fingerprint density at radius 3 is 2.77 bits per heavy atom. The summed E-state index contributed by atoms with van der Waals surface area (Å²) in [5.74, 6) is 0. The van der Waals surface area contributed by atoms with E-state index in [0.717, 1.165) is 23.1 Å². The van der Waals surface area contributed by atoms with Crippen LogP contribution in [0.15, 0.2) is 18.2 Å². The maximum atomic E-state index is 10.5. The van der Waals surface area contributed by atoms with E-state index in [0.29, 0.717) is 5.69 Å². The van der Waals surface area contributed by atoms with E-state index < -0.39 is 0 Å². The van der Waals surface area contributed by atoms with E-state index in [1.807, 2.05) is 26.0 Å². The molecule has 0 bridgehead atoms. The Morgan fingerprint density at radius 1 is 1.38 bits per heavy atom. The van der Waals surface area contributed by atoms with E-state index in [9.17, 15) is 4.79 Å². The molecule has 0 atom stereocenters. The quantitative estimate of drug-likeness (QED) is 0.617. The largest absolute Gasteiger partial charge is 0.296 e. The Hall–Kier alpha value is -1.64. The van der Waals surface area contributed by atoms with Gasteiger partial charge in [0.25, 0.3) is 0 Å². The Kier molecular flexibility index (Phi) is 1.65. The highest BCUT2D eigenvalue weighted by molar-refractivity contribution is 5.75. The molecule has 0 fully saturated rings. The Morgan fingerprint density at radius 2 is 2.15 bits per heavy atom. The van der Waals surface area contributed by atoms with Gasteiger partial charge in [0.2, 0.25) is 0 Å². The third-order valence-corrected chi connectivity index (χ3v) is 2.16. The number of pyridine rings is 1. The zero-order valence-electron chi connectivity index (χ0n) is 7.61. The first-order chi connectivity index (χ1) is 6.22. The average molecular weight is 174 g/mol. The molecule has 3 heteroatoms. The van der Waals surface area contributed by atoms with Crippen molar-refractivity contribution in [3.63, 3.8) is 0 Å². The minimum atomic E-state index is 0.484. The number of carbonyl (C=O) groups is 1. The lowest BCUT2D eigenvalue weighted by molar-refractivity contribution is 0.111. The lowest BCUT2D eigenvalue weighted by atomic mass is 10.2. The van der Waals surface area contributed by atoms with Crippen LogP contribution in [0, 0.1) is 13.8 Å². The van der Waals surface area contributed by atoms with Crippen LogP contribution in [0.3, 0.4) is 0 Å². The number of aromatic nitrogens is 2. The second-order valence-corrected chi connectivity index (χ2v) is 3.14. The molecule has 0 aliphatic heterocycles. The van der Waals surface area contributed by atoms with Crippen LogP contribution >= 0.6 is 0 Å². The summed E-state index contributed by atoms with van der Waals surface area (Å²) in [7, 11) is 0. The lowest BCUT2D eigenvalue weighted by Crippen LogP contribution is -1.94. The number of hydrogen-bond donors (Lipinski definition) is 0. The minimum Gasteiger partial charge on any atom is -0.296 e. The van der Waals surface area contributed by atoms with Crippen LogP contribution < -0.4 is 0 Å². The number of carbonyl (C=O) groups excluding carboxylic acids is 1. The number of hydrogen-bond acceptors (Lipinski definition) is 2. The van der Waals surface area contributed by atoms with Gasteiger partial charge in [-0.05, 0) is 31.5 Å². The number of aldehydes is 1. The predicted molar refractivity (Wildman–Crippen MR) is 50.1 cm³/mol. The molecule has 0 radical (unpaired) electrons. The maximum absolute atomic E-state index is 10.5. The van der Waals surface area contributed by atoms with E-state index in [1.54, 1.807) is 10.6 Å². The van der Waals surface area contributed by atoms with Crippen molar-refractivity contribution in [1.82, 2.24) is 9.61 Å². The Labute approximate surface area is 76.0 Å². The lowest BCUT2D eigenvalue weighted by Gasteiger charge is -2.00. The number of aryl methyl sites for hydroxylation is 2. The highest BCUT2D eigenvalue weighted by atomic mass is 16.1. The summed E-state index contributed by atoms with van der Waals surface area (Å²) in [6, 6.07) is 5.82. The second kappa shape index (κ2) is 2.69. The van der Waals surface area contributed by atoms with Gasteiger partial charge in [0.15, 0.2) is 6.29 Å². The van der Waals surface area contributed by atoms with E-state index in [1.165, 1.54) is 0 Å². The molecule has 13 heavy (non-hydrogen) atoms. The predicted octanol–water partition coefficient (Wildman–Crippen LogP) is 1.76. The fourth-order valence-electron chi connectivity index (χ4n) is 1.41. The standard InChI is InChI=1S/C10H10N2O/c1-7-3-4-8(2)12-10(7)5-9(6-13)11-12/h3-6H,1-2H3. The third-order valence-electron chi connectivity index (χ3n) is 2.16. The Balaban J connectivity index is 2.87. The normalized spacial score (nSPS) is 10.6. The van der Waals surface area contributed by atoms with Crippen LogP contribution in [0.5, 0.6) is 0 Å². The third kappa shape index (κ3) is 1.13. The molecule has 0 spiro atoms. The van der Waals surface area contributed by atoms with Gasteiger partial charge in [-0.25, -0.2) is 4.52 Å². The molecular weight excluding hydrogens is 164 g/mol. The van der Waals surface area contributed by atoms with E-state index in [2.05, 4.69) is 5.10 Å². The van der Waals surface area contributed by atoms with Crippen molar-refractivity contribution in [3.05, 3.63) is 35.2 Å². The SMILES string of the molecule is Cc1ccc(C)n2nc(C=O)cc12. The van der Waals surface area contributed by atoms with Gasteiger partial charge in [-0.3, -0.25) is 4.79 Å². The van der Waals surface area contributed by atoms with Gasteiger partial charge in [0.05, 0.1) is 5.52 Å². The molecule has 3 nitrogen and oxygen atoms in total. The van der Waals surface area contributed by atoms with Gasteiger partial charge in [-0.15, -0.1) is 0 Å². The smallest absolute Gasteiger partial charge is 0.170 e. The van der Waals surface area contributed by atoms with Crippen LogP contribution in [-0.4, -0.2) is 15.9 Å². The molecule has 0 aromatic carbocycles.